The first-order chi connectivity index (χ1) is 16.5. The van der Waals surface area contributed by atoms with Gasteiger partial charge in [0.2, 0.25) is 0 Å². The van der Waals surface area contributed by atoms with Crippen LogP contribution < -0.4 is 4.31 Å². The lowest BCUT2D eigenvalue weighted by Gasteiger charge is -2.26. The number of sulfonamides is 1. The van der Waals surface area contributed by atoms with Crippen LogP contribution >= 0.6 is 11.8 Å². The molecule has 0 spiro atoms. The van der Waals surface area contributed by atoms with E-state index in [0.717, 1.165) is 32.9 Å². The number of benzene rings is 4. The van der Waals surface area contributed by atoms with Crippen molar-refractivity contribution >= 4 is 39.6 Å². The van der Waals surface area contributed by atoms with E-state index in [0.29, 0.717) is 10.6 Å². The molecule has 0 N–H and O–H groups in total. The Morgan fingerprint density at radius 1 is 0.765 bits per heavy atom. The third-order valence-electron chi connectivity index (χ3n) is 5.79. The molecule has 4 aromatic carbocycles. The van der Waals surface area contributed by atoms with E-state index >= 15 is 0 Å². The fourth-order valence-corrected chi connectivity index (χ4v) is 6.36. The molecular weight excluding hydrogens is 458 g/mol. The van der Waals surface area contributed by atoms with Crippen LogP contribution in [0.25, 0.3) is 12.2 Å². The fourth-order valence-electron chi connectivity index (χ4n) is 4.03. The predicted octanol–water partition coefficient (Wildman–Crippen LogP) is 7.17. The number of thioether (sulfide) groups is 1. The highest BCUT2D eigenvalue weighted by molar-refractivity contribution is 7.98. The first-order valence-electron chi connectivity index (χ1n) is 11.2. The summed E-state index contributed by atoms with van der Waals surface area (Å²) < 4.78 is 29.1. The Kier molecular flexibility index (Phi) is 6.31. The topological polar surface area (TPSA) is 37.4 Å². The summed E-state index contributed by atoms with van der Waals surface area (Å²) in [6, 6.07) is 31.4. The van der Waals surface area contributed by atoms with Crippen LogP contribution in [0.4, 0.5) is 5.69 Å². The molecule has 0 radical (unpaired) electrons. The van der Waals surface area contributed by atoms with Gasteiger partial charge in [-0.15, -0.1) is 11.8 Å². The first-order valence-corrected chi connectivity index (χ1v) is 13.6. The number of anilines is 1. The van der Waals surface area contributed by atoms with E-state index in [-0.39, 0.29) is 6.54 Å². The minimum atomic E-state index is -3.74. The maximum atomic E-state index is 13.8. The smallest absolute Gasteiger partial charge is 0.262 e. The van der Waals surface area contributed by atoms with Crippen LogP contribution in [-0.4, -0.2) is 8.42 Å². The zero-order valence-electron chi connectivity index (χ0n) is 18.9. The van der Waals surface area contributed by atoms with E-state index in [1.54, 1.807) is 23.9 Å². The fraction of sp³-hybridized carbons (Fsp3) is 0.103. The Balaban J connectivity index is 1.57. The molecule has 0 fully saturated rings. The van der Waals surface area contributed by atoms with Crippen molar-refractivity contribution in [1.82, 2.24) is 0 Å². The lowest BCUT2D eigenvalue weighted by atomic mass is 10.0. The van der Waals surface area contributed by atoms with Crippen LogP contribution in [0.2, 0.25) is 0 Å². The molecule has 170 valence electrons. The van der Waals surface area contributed by atoms with Crippen molar-refractivity contribution < 1.29 is 8.42 Å². The van der Waals surface area contributed by atoms with Crippen molar-refractivity contribution in [2.24, 2.45) is 0 Å². The highest BCUT2D eigenvalue weighted by Gasteiger charge is 2.26. The number of fused-ring (bicyclic) bond motifs is 4. The summed E-state index contributed by atoms with van der Waals surface area (Å²) in [5.41, 5.74) is 6.04. The standard InChI is InChI=1S/C29H25NO2S2/c1-22-10-14-29(15-11-22)34(31,32)30-20-25-16-24(13-12-23-6-3-2-4-7-23)17-26(18-25)21-33-28-9-5-8-27(30)19-28/h2-19H,20-21H2,1H3/b13-12+. The average molecular weight is 484 g/mol. The number of hydrogen-bond donors (Lipinski definition) is 0. The SMILES string of the molecule is Cc1ccc(S(=O)(=O)N2Cc3cc(/C=C/c4ccccc4)cc(c3)CSc3cccc2c3)cc1. The largest absolute Gasteiger partial charge is 0.264 e. The molecule has 0 saturated heterocycles. The molecule has 0 aromatic heterocycles. The van der Waals surface area contributed by atoms with E-state index in [2.05, 4.69) is 42.5 Å². The monoisotopic (exact) mass is 483 g/mol. The molecule has 1 heterocycles. The minimum absolute atomic E-state index is 0.268. The van der Waals surface area contributed by atoms with Crippen LogP contribution in [0.3, 0.4) is 0 Å². The summed E-state index contributed by atoms with van der Waals surface area (Å²) in [7, 11) is -3.74. The average Bonchev–Trinajstić information content (AvgIpc) is 2.85. The van der Waals surface area contributed by atoms with E-state index < -0.39 is 10.0 Å². The van der Waals surface area contributed by atoms with Gasteiger partial charge in [0.05, 0.1) is 17.1 Å². The van der Waals surface area contributed by atoms with Gasteiger partial charge in [-0.1, -0.05) is 78.4 Å². The molecule has 4 bridgehead atoms. The molecule has 5 rings (SSSR count). The first kappa shape index (κ1) is 22.5. The Morgan fingerprint density at radius 3 is 2.29 bits per heavy atom. The summed E-state index contributed by atoms with van der Waals surface area (Å²) in [4.78, 5) is 1.35. The molecule has 1 aliphatic rings. The number of hydrogen-bond acceptors (Lipinski definition) is 3. The van der Waals surface area contributed by atoms with Crippen LogP contribution in [0.5, 0.6) is 0 Å². The summed E-state index contributed by atoms with van der Waals surface area (Å²) in [6.07, 6.45) is 4.18. The summed E-state index contributed by atoms with van der Waals surface area (Å²) >= 11 is 1.72. The zero-order chi connectivity index (χ0) is 23.5. The van der Waals surface area contributed by atoms with Crippen molar-refractivity contribution in [1.29, 1.82) is 0 Å². The van der Waals surface area contributed by atoms with Gasteiger partial charge < -0.3 is 0 Å². The van der Waals surface area contributed by atoms with Gasteiger partial charge in [0.1, 0.15) is 0 Å². The van der Waals surface area contributed by atoms with Gasteiger partial charge >= 0.3 is 0 Å². The molecule has 5 heteroatoms. The van der Waals surface area contributed by atoms with Gasteiger partial charge in [-0.3, -0.25) is 4.31 Å². The molecule has 4 aromatic rings. The van der Waals surface area contributed by atoms with Crippen LogP contribution in [0.15, 0.2) is 107 Å². The van der Waals surface area contributed by atoms with Gasteiger partial charge in [-0.2, -0.15) is 0 Å². The molecular formula is C29H25NO2S2. The van der Waals surface area contributed by atoms with E-state index in [1.165, 1.54) is 9.87 Å². The molecule has 0 unspecified atom stereocenters. The Bertz CT molecular complexity index is 1440. The third kappa shape index (κ3) is 4.96. The summed E-state index contributed by atoms with van der Waals surface area (Å²) in [5.74, 6) is 0.828. The van der Waals surface area contributed by atoms with Crippen LogP contribution in [-0.2, 0) is 22.3 Å². The molecule has 0 saturated carbocycles. The zero-order valence-corrected chi connectivity index (χ0v) is 20.5. The van der Waals surface area contributed by atoms with Crippen molar-refractivity contribution in [2.75, 3.05) is 4.31 Å². The second kappa shape index (κ2) is 9.53. The van der Waals surface area contributed by atoms with E-state index in [4.69, 9.17) is 0 Å². The van der Waals surface area contributed by atoms with Gasteiger partial charge in [0.25, 0.3) is 10.0 Å². The number of nitrogens with zero attached hydrogens (tertiary/aromatic N) is 1. The predicted molar refractivity (Wildman–Crippen MR) is 142 cm³/mol. The summed E-state index contributed by atoms with van der Waals surface area (Å²) in [6.45, 7) is 2.22. The van der Waals surface area contributed by atoms with Gasteiger partial charge in [-0.05, 0) is 65.6 Å². The van der Waals surface area contributed by atoms with Gasteiger partial charge in [0.15, 0.2) is 0 Å². The van der Waals surface area contributed by atoms with Crippen molar-refractivity contribution in [3.8, 4) is 0 Å². The number of rotatable bonds is 4. The minimum Gasteiger partial charge on any atom is -0.262 e. The Morgan fingerprint density at radius 2 is 1.50 bits per heavy atom. The maximum Gasteiger partial charge on any atom is 0.264 e. The molecule has 0 atom stereocenters. The van der Waals surface area contributed by atoms with Crippen LogP contribution in [0, 0.1) is 6.92 Å². The Labute approximate surface area is 205 Å². The van der Waals surface area contributed by atoms with E-state index in [1.807, 2.05) is 61.5 Å². The molecule has 3 nitrogen and oxygen atoms in total. The van der Waals surface area contributed by atoms with Crippen LogP contribution in [0.1, 0.15) is 27.8 Å². The molecule has 34 heavy (non-hydrogen) atoms. The second-order valence-corrected chi connectivity index (χ2v) is 11.3. The molecule has 0 amide bonds. The normalized spacial score (nSPS) is 13.7. The van der Waals surface area contributed by atoms with Crippen molar-refractivity contribution in [2.45, 2.75) is 29.0 Å². The molecule has 1 aliphatic heterocycles. The van der Waals surface area contributed by atoms with Crippen molar-refractivity contribution in [3.63, 3.8) is 0 Å². The third-order valence-corrected chi connectivity index (χ3v) is 8.64. The number of aryl methyl sites for hydroxylation is 1. The highest BCUT2D eigenvalue weighted by atomic mass is 32.2. The second-order valence-electron chi connectivity index (χ2n) is 8.44. The van der Waals surface area contributed by atoms with Crippen molar-refractivity contribution in [3.05, 3.63) is 125 Å². The summed E-state index contributed by atoms with van der Waals surface area (Å²) in [5, 5.41) is 0. The Hall–Kier alpha value is -3.28. The lowest BCUT2D eigenvalue weighted by Crippen LogP contribution is -2.30. The highest BCUT2D eigenvalue weighted by Crippen LogP contribution is 2.33. The quantitative estimate of drug-likeness (QED) is 0.289. The maximum absolute atomic E-state index is 13.8. The van der Waals surface area contributed by atoms with E-state index in [9.17, 15) is 8.42 Å². The lowest BCUT2D eigenvalue weighted by molar-refractivity contribution is 0.590. The van der Waals surface area contributed by atoms with Gasteiger partial charge in [-0.25, -0.2) is 8.42 Å². The van der Waals surface area contributed by atoms with Gasteiger partial charge in [0, 0.05) is 10.6 Å². The molecule has 0 aliphatic carbocycles.